The molecule has 0 aliphatic rings. The van der Waals surface area contributed by atoms with E-state index in [2.05, 4.69) is 20.9 Å². The smallest absolute Gasteiger partial charge is 0.274 e. The van der Waals surface area contributed by atoms with E-state index in [1.165, 1.54) is 11.3 Å². The summed E-state index contributed by atoms with van der Waals surface area (Å²) >= 11 is 11.2. The van der Waals surface area contributed by atoms with Gasteiger partial charge in [0.2, 0.25) is 0 Å². The minimum Gasteiger partial charge on any atom is -0.493 e. The molecule has 3 aromatic carbocycles. The normalized spacial score (nSPS) is 11.9. The quantitative estimate of drug-likeness (QED) is 0.253. The number of halogens is 2. The van der Waals surface area contributed by atoms with Crippen molar-refractivity contribution in [3.63, 3.8) is 0 Å². The Balaban J connectivity index is 1.38. The van der Waals surface area contributed by atoms with Crippen molar-refractivity contribution in [3.05, 3.63) is 90.6 Å². The summed E-state index contributed by atoms with van der Waals surface area (Å²) in [5.74, 6) is 1.65. The van der Waals surface area contributed by atoms with Crippen molar-refractivity contribution in [2.75, 3.05) is 20.3 Å². The molecule has 2 aromatic heterocycles. The zero-order chi connectivity index (χ0) is 23.7. The second-order valence-electron chi connectivity index (χ2n) is 7.32. The lowest BCUT2D eigenvalue weighted by Crippen LogP contribution is -2.22. The molecule has 0 aliphatic carbocycles. The number of imidazole rings is 1. The third kappa shape index (κ3) is 4.49. The Morgan fingerprint density at radius 1 is 1.09 bits per heavy atom. The van der Waals surface area contributed by atoms with Crippen LogP contribution in [-0.2, 0) is 0 Å². The number of thiazole rings is 1. The standard InChI is InChI=1S/C25H18BrClN2O4S/c1-31-21-13-15(12-18(27)23(21)33-11-10-32-17-8-6-16(26)7-9-17)14-22-24(30)29-20-5-3-2-4-19(20)28-25(29)34-22/h2-9,12-14H,10-11H2,1H3. The maximum absolute atomic E-state index is 13.0. The monoisotopic (exact) mass is 556 g/mol. The third-order valence-electron chi connectivity index (χ3n) is 5.11. The molecule has 0 saturated heterocycles. The molecule has 0 radical (unpaired) electrons. The van der Waals surface area contributed by atoms with Gasteiger partial charge >= 0.3 is 0 Å². The van der Waals surface area contributed by atoms with E-state index in [0.717, 1.165) is 26.8 Å². The zero-order valence-corrected chi connectivity index (χ0v) is 21.1. The maximum Gasteiger partial charge on any atom is 0.274 e. The molecule has 0 aliphatic heterocycles. The summed E-state index contributed by atoms with van der Waals surface area (Å²) in [4.78, 5) is 18.2. The molecule has 0 spiro atoms. The van der Waals surface area contributed by atoms with E-state index < -0.39 is 0 Å². The Morgan fingerprint density at radius 2 is 1.85 bits per heavy atom. The van der Waals surface area contributed by atoms with Gasteiger partial charge in [0.1, 0.15) is 19.0 Å². The van der Waals surface area contributed by atoms with Gasteiger partial charge in [0, 0.05) is 4.47 Å². The van der Waals surface area contributed by atoms with Crippen LogP contribution in [0.2, 0.25) is 5.02 Å². The average Bonchev–Trinajstić information content (AvgIpc) is 3.34. The number of ether oxygens (including phenoxy) is 3. The van der Waals surface area contributed by atoms with Crippen LogP contribution in [0.15, 0.2) is 69.9 Å². The van der Waals surface area contributed by atoms with Crippen molar-refractivity contribution in [2.45, 2.75) is 0 Å². The highest BCUT2D eigenvalue weighted by Crippen LogP contribution is 2.36. The summed E-state index contributed by atoms with van der Waals surface area (Å²) in [5, 5.41) is 0.383. The van der Waals surface area contributed by atoms with Crippen LogP contribution in [0.25, 0.3) is 22.1 Å². The molecule has 0 atom stereocenters. The number of fused-ring (bicyclic) bond motifs is 3. The number of aromatic nitrogens is 2. The highest BCUT2D eigenvalue weighted by Gasteiger charge is 2.14. The Labute approximate surface area is 212 Å². The van der Waals surface area contributed by atoms with Crippen molar-refractivity contribution in [2.24, 2.45) is 0 Å². The lowest BCUT2D eigenvalue weighted by molar-refractivity contribution is 0.211. The topological polar surface area (TPSA) is 62.1 Å². The molecule has 6 nitrogen and oxygen atoms in total. The van der Waals surface area contributed by atoms with Gasteiger partial charge in [-0.3, -0.25) is 4.79 Å². The number of benzene rings is 3. The highest BCUT2D eigenvalue weighted by atomic mass is 79.9. The van der Waals surface area contributed by atoms with Crippen molar-refractivity contribution < 1.29 is 14.2 Å². The van der Waals surface area contributed by atoms with Gasteiger partial charge in [-0.25, -0.2) is 9.38 Å². The molecule has 5 aromatic rings. The van der Waals surface area contributed by atoms with Crippen LogP contribution < -0.4 is 24.3 Å². The van der Waals surface area contributed by atoms with Gasteiger partial charge in [0.25, 0.3) is 5.56 Å². The summed E-state index contributed by atoms with van der Waals surface area (Å²) in [6, 6.07) is 18.7. The van der Waals surface area contributed by atoms with E-state index in [0.29, 0.717) is 32.6 Å². The maximum atomic E-state index is 13.0. The molecule has 5 rings (SSSR count). The first kappa shape index (κ1) is 22.7. The van der Waals surface area contributed by atoms with Gasteiger partial charge in [0.15, 0.2) is 16.5 Å². The molecule has 0 saturated carbocycles. The first-order valence-electron chi connectivity index (χ1n) is 10.3. The van der Waals surface area contributed by atoms with E-state index in [9.17, 15) is 4.79 Å². The molecule has 2 heterocycles. The van der Waals surface area contributed by atoms with E-state index >= 15 is 0 Å². The van der Waals surface area contributed by atoms with E-state index in [1.54, 1.807) is 29.7 Å². The van der Waals surface area contributed by atoms with Gasteiger partial charge in [-0.15, -0.1) is 0 Å². The van der Waals surface area contributed by atoms with Gasteiger partial charge in [-0.2, -0.15) is 0 Å². The van der Waals surface area contributed by atoms with Crippen LogP contribution in [0.4, 0.5) is 0 Å². The fraction of sp³-hybridized carbons (Fsp3) is 0.120. The Bertz CT molecular complexity index is 1600. The number of hydrogen-bond acceptors (Lipinski definition) is 6. The molecular weight excluding hydrogens is 540 g/mol. The van der Waals surface area contributed by atoms with Gasteiger partial charge in [-0.1, -0.05) is 51.0 Å². The van der Waals surface area contributed by atoms with Gasteiger partial charge in [0.05, 0.1) is 27.7 Å². The van der Waals surface area contributed by atoms with Crippen LogP contribution >= 0.6 is 38.9 Å². The first-order valence-corrected chi connectivity index (χ1v) is 12.3. The minimum absolute atomic E-state index is 0.116. The molecule has 172 valence electrons. The molecule has 9 heteroatoms. The molecule has 0 N–H and O–H groups in total. The van der Waals surface area contributed by atoms with Gasteiger partial charge < -0.3 is 14.2 Å². The molecule has 0 fully saturated rings. The number of rotatable bonds is 7. The highest BCUT2D eigenvalue weighted by molar-refractivity contribution is 9.10. The van der Waals surface area contributed by atoms with Crippen LogP contribution in [0, 0.1) is 0 Å². The largest absolute Gasteiger partial charge is 0.493 e. The fourth-order valence-electron chi connectivity index (χ4n) is 3.56. The van der Waals surface area contributed by atoms with E-state index in [1.807, 2.05) is 48.5 Å². The van der Waals surface area contributed by atoms with E-state index in [-0.39, 0.29) is 12.2 Å². The predicted octanol–water partition coefficient (Wildman–Crippen LogP) is 5.34. The summed E-state index contributed by atoms with van der Waals surface area (Å²) in [5.41, 5.74) is 2.20. The summed E-state index contributed by atoms with van der Waals surface area (Å²) in [7, 11) is 1.55. The fourth-order valence-corrected chi connectivity index (χ4v) is 5.09. The van der Waals surface area contributed by atoms with E-state index in [4.69, 9.17) is 25.8 Å². The van der Waals surface area contributed by atoms with Crippen molar-refractivity contribution >= 4 is 60.9 Å². The van der Waals surface area contributed by atoms with Crippen molar-refractivity contribution in [1.82, 2.24) is 9.38 Å². The number of hydrogen-bond donors (Lipinski definition) is 0. The molecule has 0 amide bonds. The number of methoxy groups -OCH3 is 1. The first-order chi connectivity index (χ1) is 16.5. The summed E-state index contributed by atoms with van der Waals surface area (Å²) < 4.78 is 20.2. The second-order valence-corrected chi connectivity index (χ2v) is 9.65. The zero-order valence-electron chi connectivity index (χ0n) is 18.0. The van der Waals surface area contributed by atoms with Gasteiger partial charge in [-0.05, 0) is 60.2 Å². The molecule has 0 unspecified atom stereocenters. The van der Waals surface area contributed by atoms with Crippen LogP contribution in [0.3, 0.4) is 0 Å². The Kier molecular flexibility index (Phi) is 6.45. The predicted molar refractivity (Wildman–Crippen MR) is 139 cm³/mol. The molecular formula is C25H18BrClN2O4S. The Hall–Kier alpha value is -3.07. The number of para-hydroxylation sites is 2. The molecule has 0 bridgehead atoms. The third-order valence-corrected chi connectivity index (χ3v) is 6.89. The molecule has 34 heavy (non-hydrogen) atoms. The average molecular weight is 558 g/mol. The lowest BCUT2D eigenvalue weighted by Gasteiger charge is -2.14. The van der Waals surface area contributed by atoms with Crippen LogP contribution in [0.5, 0.6) is 17.2 Å². The van der Waals surface area contributed by atoms with Crippen molar-refractivity contribution in [3.8, 4) is 17.2 Å². The second kappa shape index (κ2) is 9.66. The Morgan fingerprint density at radius 3 is 2.65 bits per heavy atom. The summed E-state index contributed by atoms with van der Waals surface area (Å²) in [6.07, 6.45) is 1.78. The lowest BCUT2D eigenvalue weighted by atomic mass is 10.2. The van der Waals surface area contributed by atoms with Crippen molar-refractivity contribution in [1.29, 1.82) is 0 Å². The summed E-state index contributed by atoms with van der Waals surface area (Å²) in [6.45, 7) is 0.632. The van der Waals surface area contributed by atoms with Crippen LogP contribution in [-0.4, -0.2) is 29.7 Å². The SMILES string of the molecule is COc1cc(C=c2sc3nc4ccccc4n3c2=O)cc(Cl)c1OCCOc1ccc(Br)cc1. The number of nitrogens with zero attached hydrogens (tertiary/aromatic N) is 2. The minimum atomic E-state index is -0.116. The van der Waals surface area contributed by atoms with Crippen LogP contribution in [0.1, 0.15) is 5.56 Å².